The summed E-state index contributed by atoms with van der Waals surface area (Å²) in [5.74, 6) is -1.25. The van der Waals surface area contributed by atoms with Crippen LogP contribution in [0.4, 0.5) is 5.69 Å². The predicted octanol–water partition coefficient (Wildman–Crippen LogP) is 7.27. The molecule has 0 radical (unpaired) electrons. The van der Waals surface area contributed by atoms with Gasteiger partial charge in [-0.1, -0.05) is 54.1 Å². The van der Waals surface area contributed by atoms with Gasteiger partial charge >= 0.3 is 0 Å². The molecule has 0 spiro atoms. The van der Waals surface area contributed by atoms with Crippen molar-refractivity contribution >= 4 is 34.7 Å². The van der Waals surface area contributed by atoms with E-state index in [1.165, 1.54) is 11.0 Å². The van der Waals surface area contributed by atoms with Crippen LogP contribution in [0.25, 0.3) is 5.76 Å². The van der Waals surface area contributed by atoms with Crippen molar-refractivity contribution in [3.8, 4) is 17.2 Å². The zero-order valence-corrected chi connectivity index (χ0v) is 24.2. The summed E-state index contributed by atoms with van der Waals surface area (Å²) in [6.45, 7) is 6.13. The SMILES string of the molecule is CCOc1cc(C2/C(=C(\O)c3ccc(OCc4ccccc4)c(C)c3)C(=O)C(=O)N2c2ccc(C)c(Cl)c2)ccc1O. The number of phenolic OH excluding ortho intramolecular Hbond substituents is 1. The fourth-order valence-electron chi connectivity index (χ4n) is 4.97. The molecule has 2 N–H and O–H groups in total. The van der Waals surface area contributed by atoms with Crippen molar-refractivity contribution in [2.24, 2.45) is 0 Å². The number of carbonyl (C=O) groups is 2. The lowest BCUT2D eigenvalue weighted by Gasteiger charge is -2.26. The minimum absolute atomic E-state index is 0.0855. The Morgan fingerprint density at radius 1 is 0.881 bits per heavy atom. The van der Waals surface area contributed by atoms with E-state index in [-0.39, 0.29) is 22.8 Å². The van der Waals surface area contributed by atoms with Crippen molar-refractivity contribution in [2.45, 2.75) is 33.4 Å². The van der Waals surface area contributed by atoms with Crippen LogP contribution in [0.3, 0.4) is 0 Å². The molecule has 0 aromatic heterocycles. The Bertz CT molecular complexity index is 1700. The summed E-state index contributed by atoms with van der Waals surface area (Å²) < 4.78 is 11.6. The lowest BCUT2D eigenvalue weighted by molar-refractivity contribution is -0.132. The summed E-state index contributed by atoms with van der Waals surface area (Å²) in [6, 6.07) is 23.5. The third-order valence-corrected chi connectivity index (χ3v) is 7.57. The van der Waals surface area contributed by atoms with Crippen LogP contribution in [0, 0.1) is 13.8 Å². The third kappa shape index (κ3) is 5.56. The van der Waals surface area contributed by atoms with Crippen LogP contribution in [0.15, 0.2) is 90.5 Å². The van der Waals surface area contributed by atoms with E-state index in [1.807, 2.05) is 44.2 Å². The van der Waals surface area contributed by atoms with Crippen molar-refractivity contribution in [1.29, 1.82) is 0 Å². The fourth-order valence-corrected chi connectivity index (χ4v) is 5.14. The molecule has 0 saturated carbocycles. The first-order valence-electron chi connectivity index (χ1n) is 13.5. The summed E-state index contributed by atoms with van der Waals surface area (Å²) in [7, 11) is 0. The fraction of sp³-hybridized carbons (Fsp3) is 0.176. The number of aryl methyl sites for hydroxylation is 2. The van der Waals surface area contributed by atoms with Gasteiger partial charge in [-0.25, -0.2) is 0 Å². The highest BCUT2D eigenvalue weighted by molar-refractivity contribution is 6.51. The minimum atomic E-state index is -1.02. The summed E-state index contributed by atoms with van der Waals surface area (Å²) in [6.07, 6.45) is 0. The Balaban J connectivity index is 1.60. The van der Waals surface area contributed by atoms with Gasteiger partial charge in [0.25, 0.3) is 11.7 Å². The zero-order chi connectivity index (χ0) is 30.0. The van der Waals surface area contributed by atoms with Crippen LogP contribution >= 0.6 is 11.6 Å². The summed E-state index contributed by atoms with van der Waals surface area (Å²) in [5, 5.41) is 22.3. The van der Waals surface area contributed by atoms with Gasteiger partial charge in [0, 0.05) is 16.3 Å². The highest BCUT2D eigenvalue weighted by atomic mass is 35.5. The predicted molar refractivity (Wildman–Crippen MR) is 162 cm³/mol. The van der Waals surface area contributed by atoms with Crippen molar-refractivity contribution < 1.29 is 29.3 Å². The quantitative estimate of drug-likeness (QED) is 0.129. The number of aliphatic hydroxyl groups excluding tert-OH is 1. The number of halogens is 1. The van der Waals surface area contributed by atoms with Gasteiger partial charge in [0.1, 0.15) is 18.1 Å². The largest absolute Gasteiger partial charge is 0.507 e. The Hall–Kier alpha value is -4.75. The van der Waals surface area contributed by atoms with E-state index in [0.29, 0.717) is 40.8 Å². The standard InChI is InChI=1S/C34H30ClNO6/c1-4-41-29-17-23(11-14-27(29)37)31-30(33(39)34(40)36(31)25-13-10-20(2)26(35)18-25)32(38)24-12-15-28(21(3)16-24)42-19-22-8-6-5-7-9-22/h5-18,31,37-38H,4,19H2,1-3H3/b32-30+. The summed E-state index contributed by atoms with van der Waals surface area (Å²) in [4.78, 5) is 28.4. The van der Waals surface area contributed by atoms with Crippen LogP contribution in [0.2, 0.25) is 5.02 Å². The molecule has 1 fully saturated rings. The first-order valence-corrected chi connectivity index (χ1v) is 13.9. The second-order valence-electron chi connectivity index (χ2n) is 10.0. The molecule has 1 atom stereocenters. The highest BCUT2D eigenvalue weighted by Crippen LogP contribution is 2.45. The number of ether oxygens (including phenoxy) is 2. The molecule has 1 heterocycles. The maximum atomic E-state index is 13.6. The molecule has 7 nitrogen and oxygen atoms in total. The van der Waals surface area contributed by atoms with E-state index in [0.717, 1.165) is 16.7 Å². The molecule has 0 bridgehead atoms. The van der Waals surface area contributed by atoms with Gasteiger partial charge in [-0.15, -0.1) is 0 Å². The van der Waals surface area contributed by atoms with E-state index < -0.39 is 17.7 Å². The van der Waals surface area contributed by atoms with Crippen molar-refractivity contribution in [2.75, 3.05) is 11.5 Å². The molecule has 4 aromatic rings. The highest BCUT2D eigenvalue weighted by Gasteiger charge is 2.47. The molecule has 1 saturated heterocycles. The number of aromatic hydroxyl groups is 1. The molecule has 1 aliphatic heterocycles. The number of benzene rings is 4. The van der Waals surface area contributed by atoms with Gasteiger partial charge in [0.15, 0.2) is 11.5 Å². The molecular weight excluding hydrogens is 554 g/mol. The number of aliphatic hydroxyl groups is 1. The molecule has 1 unspecified atom stereocenters. The van der Waals surface area contributed by atoms with Gasteiger partial charge in [0.2, 0.25) is 0 Å². The average molecular weight is 584 g/mol. The number of amides is 1. The smallest absolute Gasteiger partial charge is 0.300 e. The normalized spacial score (nSPS) is 16.1. The number of Topliss-reactive ketones (excluding diaryl/α,β-unsaturated/α-hetero) is 1. The molecule has 214 valence electrons. The van der Waals surface area contributed by atoms with Gasteiger partial charge in [-0.05, 0) is 85.5 Å². The maximum Gasteiger partial charge on any atom is 0.300 e. The average Bonchev–Trinajstić information content (AvgIpc) is 3.25. The van der Waals surface area contributed by atoms with Crippen LogP contribution in [0.1, 0.15) is 40.8 Å². The van der Waals surface area contributed by atoms with Gasteiger partial charge in [-0.2, -0.15) is 0 Å². The molecule has 1 amide bonds. The zero-order valence-electron chi connectivity index (χ0n) is 23.4. The summed E-state index contributed by atoms with van der Waals surface area (Å²) >= 11 is 6.40. The third-order valence-electron chi connectivity index (χ3n) is 7.16. The van der Waals surface area contributed by atoms with Crippen LogP contribution in [-0.2, 0) is 16.2 Å². The number of phenols is 1. The summed E-state index contributed by atoms with van der Waals surface area (Å²) in [5.41, 5.74) is 3.68. The first kappa shape index (κ1) is 28.8. The second kappa shape index (κ2) is 12.0. The second-order valence-corrected chi connectivity index (χ2v) is 10.4. The monoisotopic (exact) mass is 583 g/mol. The lowest BCUT2D eigenvalue weighted by atomic mass is 9.94. The minimum Gasteiger partial charge on any atom is -0.507 e. The van der Waals surface area contributed by atoms with Crippen LogP contribution in [0.5, 0.6) is 17.2 Å². The molecule has 5 rings (SSSR count). The number of nitrogens with zero attached hydrogens (tertiary/aromatic N) is 1. The first-order chi connectivity index (χ1) is 20.2. The molecule has 0 aliphatic carbocycles. The van der Waals surface area contributed by atoms with Crippen molar-refractivity contribution in [1.82, 2.24) is 0 Å². The number of hydrogen-bond acceptors (Lipinski definition) is 6. The Kier molecular flexibility index (Phi) is 8.22. The van der Waals surface area contributed by atoms with Crippen molar-refractivity contribution in [3.05, 3.63) is 123 Å². The molecule has 8 heteroatoms. The van der Waals surface area contributed by atoms with E-state index in [9.17, 15) is 19.8 Å². The topological polar surface area (TPSA) is 96.3 Å². The van der Waals surface area contributed by atoms with E-state index in [2.05, 4.69) is 0 Å². The number of hydrogen-bond donors (Lipinski definition) is 2. The molecule has 4 aromatic carbocycles. The van der Waals surface area contributed by atoms with E-state index in [4.69, 9.17) is 21.1 Å². The Morgan fingerprint density at radius 2 is 1.64 bits per heavy atom. The number of carbonyl (C=O) groups excluding carboxylic acids is 2. The maximum absolute atomic E-state index is 13.6. The lowest BCUT2D eigenvalue weighted by Crippen LogP contribution is -2.29. The van der Waals surface area contributed by atoms with Crippen LogP contribution in [-0.4, -0.2) is 28.5 Å². The number of rotatable bonds is 8. The van der Waals surface area contributed by atoms with Gasteiger partial charge < -0.3 is 19.7 Å². The number of anilines is 1. The van der Waals surface area contributed by atoms with Crippen LogP contribution < -0.4 is 14.4 Å². The molecular formula is C34H30ClNO6. The van der Waals surface area contributed by atoms with E-state index in [1.54, 1.807) is 55.5 Å². The molecule has 42 heavy (non-hydrogen) atoms. The van der Waals surface area contributed by atoms with Crippen molar-refractivity contribution in [3.63, 3.8) is 0 Å². The van der Waals surface area contributed by atoms with E-state index >= 15 is 0 Å². The molecule has 1 aliphatic rings. The van der Waals surface area contributed by atoms with Gasteiger partial charge in [0.05, 0.1) is 18.2 Å². The number of ketones is 1. The Labute approximate surface area is 249 Å². The Morgan fingerprint density at radius 3 is 2.33 bits per heavy atom. The van der Waals surface area contributed by atoms with Gasteiger partial charge in [-0.3, -0.25) is 14.5 Å².